The third-order valence-corrected chi connectivity index (χ3v) is 2.15. The molecule has 0 radical (unpaired) electrons. The lowest BCUT2D eigenvalue weighted by atomic mass is 10.4. The maximum absolute atomic E-state index is 10.7. The van der Waals surface area contributed by atoms with E-state index in [2.05, 4.69) is 5.10 Å². The number of nitrogens with zero attached hydrogens (tertiary/aromatic N) is 3. The second-order valence-corrected chi connectivity index (χ2v) is 3.19. The van der Waals surface area contributed by atoms with Gasteiger partial charge in [0.2, 0.25) is 0 Å². The van der Waals surface area contributed by atoms with E-state index in [1.54, 1.807) is 10.7 Å². The largest absolute Gasteiger partial charge is 0.311 e. The van der Waals surface area contributed by atoms with Gasteiger partial charge in [-0.1, -0.05) is 0 Å². The molecule has 0 aliphatic heterocycles. The molecule has 0 N–H and O–H groups in total. The first kappa shape index (κ1) is 8.74. The highest BCUT2D eigenvalue weighted by Crippen LogP contribution is 2.14. The van der Waals surface area contributed by atoms with Crippen molar-refractivity contribution in [3.63, 3.8) is 0 Å². The van der Waals surface area contributed by atoms with E-state index < -0.39 is 0 Å². The number of aldehydes is 1. The van der Waals surface area contributed by atoms with Gasteiger partial charge in [-0.15, -0.1) is 0 Å². The van der Waals surface area contributed by atoms with Crippen molar-refractivity contribution in [2.75, 3.05) is 0 Å². The Morgan fingerprint density at radius 1 is 1.50 bits per heavy atom. The average molecular weight is 189 g/mol. The Hall–Kier alpha value is -1.84. The van der Waals surface area contributed by atoms with Crippen molar-refractivity contribution in [3.8, 4) is 5.69 Å². The summed E-state index contributed by atoms with van der Waals surface area (Å²) in [5.74, 6) is 0. The van der Waals surface area contributed by atoms with Crippen molar-refractivity contribution in [3.05, 3.63) is 35.9 Å². The summed E-state index contributed by atoms with van der Waals surface area (Å²) in [4.78, 5) is 10.7. The Bertz CT molecular complexity index is 467. The molecular weight excluding hydrogens is 178 g/mol. The Kier molecular flexibility index (Phi) is 1.96. The molecule has 2 heterocycles. The summed E-state index contributed by atoms with van der Waals surface area (Å²) in [5, 5.41) is 4.22. The Labute approximate surface area is 81.8 Å². The van der Waals surface area contributed by atoms with Crippen LogP contribution in [-0.2, 0) is 7.05 Å². The van der Waals surface area contributed by atoms with Crippen molar-refractivity contribution in [1.29, 1.82) is 0 Å². The predicted molar refractivity (Wildman–Crippen MR) is 52.7 cm³/mol. The van der Waals surface area contributed by atoms with Crippen LogP contribution in [0.1, 0.15) is 16.2 Å². The first-order chi connectivity index (χ1) is 6.72. The monoisotopic (exact) mass is 189 g/mol. The van der Waals surface area contributed by atoms with Gasteiger partial charge >= 0.3 is 0 Å². The zero-order valence-corrected chi connectivity index (χ0v) is 8.14. The third kappa shape index (κ3) is 1.25. The molecule has 4 nitrogen and oxygen atoms in total. The molecule has 72 valence electrons. The van der Waals surface area contributed by atoms with E-state index in [0.29, 0.717) is 5.69 Å². The fraction of sp³-hybridized carbons (Fsp3) is 0.200. The molecule has 0 aliphatic rings. The van der Waals surface area contributed by atoms with Crippen LogP contribution < -0.4 is 0 Å². The molecule has 2 aromatic heterocycles. The van der Waals surface area contributed by atoms with Gasteiger partial charge in [0.1, 0.15) is 0 Å². The molecule has 0 saturated heterocycles. The molecule has 0 spiro atoms. The number of aryl methyl sites for hydroxylation is 2. The van der Waals surface area contributed by atoms with E-state index in [1.807, 2.05) is 37.0 Å². The summed E-state index contributed by atoms with van der Waals surface area (Å²) in [5.41, 5.74) is 2.49. The molecule has 0 fully saturated rings. The number of carbonyl (C=O) groups excluding carboxylic acids is 1. The van der Waals surface area contributed by atoms with Crippen molar-refractivity contribution < 1.29 is 4.79 Å². The molecule has 4 heteroatoms. The maximum atomic E-state index is 10.7. The van der Waals surface area contributed by atoms with Crippen LogP contribution in [0.2, 0.25) is 0 Å². The number of rotatable bonds is 2. The molecule has 0 bridgehead atoms. The molecule has 0 amide bonds. The first-order valence-electron chi connectivity index (χ1n) is 4.35. The molecule has 0 aliphatic carbocycles. The summed E-state index contributed by atoms with van der Waals surface area (Å²) >= 11 is 0. The van der Waals surface area contributed by atoms with E-state index in [9.17, 15) is 4.79 Å². The van der Waals surface area contributed by atoms with Gasteiger partial charge in [-0.05, 0) is 19.1 Å². The van der Waals surface area contributed by atoms with Crippen LogP contribution in [0, 0.1) is 6.92 Å². The van der Waals surface area contributed by atoms with Crippen LogP contribution in [-0.4, -0.2) is 20.6 Å². The molecule has 14 heavy (non-hydrogen) atoms. The van der Waals surface area contributed by atoms with Gasteiger partial charge in [0.25, 0.3) is 0 Å². The highest BCUT2D eigenvalue weighted by Gasteiger charge is 2.07. The highest BCUT2D eigenvalue weighted by atomic mass is 16.1. The zero-order chi connectivity index (χ0) is 10.1. The summed E-state index contributed by atoms with van der Waals surface area (Å²) < 4.78 is 3.56. The molecule has 2 rings (SSSR count). The molecular formula is C10H11N3O. The molecule has 0 unspecified atom stereocenters. The van der Waals surface area contributed by atoms with Gasteiger partial charge in [0, 0.05) is 19.4 Å². The summed E-state index contributed by atoms with van der Waals surface area (Å²) in [6, 6.07) is 3.62. The minimum atomic E-state index is 0.640. The Morgan fingerprint density at radius 3 is 2.86 bits per heavy atom. The highest BCUT2D eigenvalue weighted by molar-refractivity contribution is 5.73. The van der Waals surface area contributed by atoms with Crippen LogP contribution in [0.25, 0.3) is 5.69 Å². The number of aromatic nitrogens is 3. The summed E-state index contributed by atoms with van der Waals surface area (Å²) in [7, 11) is 1.86. The molecule has 0 aromatic carbocycles. The number of hydrogen-bond acceptors (Lipinski definition) is 2. The van der Waals surface area contributed by atoms with Gasteiger partial charge in [0.15, 0.2) is 6.29 Å². The average Bonchev–Trinajstić information content (AvgIpc) is 2.71. The van der Waals surface area contributed by atoms with Crippen molar-refractivity contribution in [1.82, 2.24) is 14.3 Å². The minimum Gasteiger partial charge on any atom is -0.311 e. The molecule has 0 saturated carbocycles. The minimum absolute atomic E-state index is 0.640. The lowest BCUT2D eigenvalue weighted by molar-refractivity contribution is 0.111. The van der Waals surface area contributed by atoms with Crippen LogP contribution in [0.5, 0.6) is 0 Å². The number of hydrogen-bond donors (Lipinski definition) is 0. The molecule has 2 aromatic rings. The van der Waals surface area contributed by atoms with E-state index >= 15 is 0 Å². The zero-order valence-electron chi connectivity index (χ0n) is 8.14. The summed E-state index contributed by atoms with van der Waals surface area (Å²) in [6.07, 6.45) is 4.59. The quantitative estimate of drug-likeness (QED) is 0.668. The maximum Gasteiger partial charge on any atom is 0.166 e. The fourth-order valence-corrected chi connectivity index (χ4v) is 1.53. The molecule has 0 atom stereocenters. The van der Waals surface area contributed by atoms with Gasteiger partial charge < -0.3 is 4.57 Å². The summed E-state index contributed by atoms with van der Waals surface area (Å²) in [6.45, 7) is 1.92. The lowest BCUT2D eigenvalue weighted by Crippen LogP contribution is -1.97. The predicted octanol–water partition coefficient (Wildman–Crippen LogP) is 1.33. The van der Waals surface area contributed by atoms with Gasteiger partial charge in [-0.3, -0.25) is 9.48 Å². The van der Waals surface area contributed by atoms with E-state index in [4.69, 9.17) is 0 Å². The third-order valence-electron chi connectivity index (χ3n) is 2.15. The van der Waals surface area contributed by atoms with Gasteiger partial charge in [-0.25, -0.2) is 0 Å². The van der Waals surface area contributed by atoms with Crippen LogP contribution in [0.15, 0.2) is 24.5 Å². The van der Waals surface area contributed by atoms with Crippen molar-refractivity contribution in [2.45, 2.75) is 6.92 Å². The van der Waals surface area contributed by atoms with Crippen LogP contribution >= 0.6 is 0 Å². The smallest absolute Gasteiger partial charge is 0.166 e. The Balaban J connectivity index is 2.59. The van der Waals surface area contributed by atoms with Gasteiger partial charge in [-0.2, -0.15) is 5.10 Å². The van der Waals surface area contributed by atoms with Crippen molar-refractivity contribution in [2.24, 2.45) is 7.05 Å². The second kappa shape index (κ2) is 3.14. The lowest BCUT2D eigenvalue weighted by Gasteiger charge is -2.01. The normalized spacial score (nSPS) is 10.4. The van der Waals surface area contributed by atoms with Gasteiger partial charge in [0.05, 0.1) is 17.1 Å². The van der Waals surface area contributed by atoms with E-state index in [0.717, 1.165) is 17.7 Å². The fourth-order valence-electron chi connectivity index (χ4n) is 1.53. The Morgan fingerprint density at radius 2 is 2.29 bits per heavy atom. The van der Waals surface area contributed by atoms with Crippen molar-refractivity contribution >= 4 is 6.29 Å². The SMILES string of the molecule is Cc1nn(C)cc1-n1cccc1C=O. The van der Waals surface area contributed by atoms with E-state index in [1.165, 1.54) is 0 Å². The number of carbonyl (C=O) groups is 1. The topological polar surface area (TPSA) is 39.8 Å². The first-order valence-corrected chi connectivity index (χ1v) is 4.35. The standard InChI is InChI=1S/C10H11N3O/c1-8-10(6-12(2)11-8)13-5-3-4-9(13)7-14/h3-7H,1-2H3. The second-order valence-electron chi connectivity index (χ2n) is 3.19. The van der Waals surface area contributed by atoms with Crippen LogP contribution in [0.4, 0.5) is 0 Å². The van der Waals surface area contributed by atoms with E-state index in [-0.39, 0.29) is 0 Å². The van der Waals surface area contributed by atoms with Crippen LogP contribution in [0.3, 0.4) is 0 Å².